The van der Waals surface area contributed by atoms with Crippen molar-refractivity contribution in [2.75, 3.05) is 0 Å². The van der Waals surface area contributed by atoms with Crippen LogP contribution in [0.3, 0.4) is 0 Å². The Labute approximate surface area is 189 Å². The summed E-state index contributed by atoms with van der Waals surface area (Å²) in [6, 6.07) is 23.1. The number of nitrogens with zero attached hydrogens (tertiary/aromatic N) is 3. The van der Waals surface area contributed by atoms with Gasteiger partial charge < -0.3 is 4.57 Å². The second-order valence-electron chi connectivity index (χ2n) is 8.01. The van der Waals surface area contributed by atoms with Crippen LogP contribution in [0, 0.1) is 6.92 Å². The van der Waals surface area contributed by atoms with Crippen LogP contribution in [-0.4, -0.2) is 14.5 Å². The van der Waals surface area contributed by atoms with Crippen molar-refractivity contribution in [3.63, 3.8) is 0 Å². The van der Waals surface area contributed by atoms with Crippen molar-refractivity contribution in [1.29, 1.82) is 0 Å². The lowest BCUT2D eigenvalue weighted by atomic mass is 9.95. The molecule has 0 radical (unpaired) electrons. The van der Waals surface area contributed by atoms with E-state index in [0.29, 0.717) is 5.56 Å². The minimum Gasteiger partial charge on any atom is -0.328 e. The van der Waals surface area contributed by atoms with Gasteiger partial charge in [-0.1, -0.05) is 66.2 Å². The summed E-state index contributed by atoms with van der Waals surface area (Å²) in [6.07, 6.45) is -2.86. The molecule has 0 aliphatic rings. The van der Waals surface area contributed by atoms with Gasteiger partial charge in [0.2, 0.25) is 0 Å². The Hall–Kier alpha value is -3.93. The number of aryl methyl sites for hydroxylation is 2. The molecule has 5 aromatic rings. The van der Waals surface area contributed by atoms with Gasteiger partial charge in [-0.25, -0.2) is 9.97 Å². The number of halogens is 3. The summed E-state index contributed by atoms with van der Waals surface area (Å²) in [5.41, 5.74) is 6.12. The maximum absolute atomic E-state index is 13.2. The number of alkyl halides is 3. The van der Waals surface area contributed by atoms with Gasteiger partial charge in [-0.3, -0.25) is 0 Å². The number of aromatic nitrogens is 3. The number of hydrogen-bond acceptors (Lipinski definition) is 2. The third-order valence-electron chi connectivity index (χ3n) is 5.81. The summed E-state index contributed by atoms with van der Waals surface area (Å²) in [5, 5.41) is 0.809. The van der Waals surface area contributed by atoms with Crippen LogP contribution in [0.2, 0.25) is 0 Å². The highest BCUT2D eigenvalue weighted by atomic mass is 19.4. The number of rotatable bonds is 3. The molecule has 3 aromatic carbocycles. The van der Waals surface area contributed by atoms with Gasteiger partial charge in [0.05, 0.1) is 22.3 Å². The molecule has 0 aliphatic heterocycles. The van der Waals surface area contributed by atoms with Crippen molar-refractivity contribution in [2.24, 2.45) is 7.05 Å². The zero-order chi connectivity index (χ0) is 23.2. The molecule has 0 atom stereocenters. The first-order valence-corrected chi connectivity index (χ1v) is 10.5. The predicted molar refractivity (Wildman–Crippen MR) is 125 cm³/mol. The van der Waals surface area contributed by atoms with E-state index in [2.05, 4.69) is 9.97 Å². The molecule has 0 spiro atoms. The van der Waals surface area contributed by atoms with Gasteiger partial charge in [0, 0.05) is 18.2 Å². The molecule has 0 aliphatic carbocycles. The molecule has 0 unspecified atom stereocenters. The summed E-state index contributed by atoms with van der Waals surface area (Å²) in [5.74, 6) is 0. The van der Waals surface area contributed by atoms with E-state index in [1.165, 1.54) is 18.5 Å². The highest BCUT2D eigenvalue weighted by molar-refractivity contribution is 6.09. The lowest BCUT2D eigenvalue weighted by Crippen LogP contribution is -2.04. The molecule has 0 fully saturated rings. The lowest BCUT2D eigenvalue weighted by Gasteiger charge is -2.11. The summed E-state index contributed by atoms with van der Waals surface area (Å²) in [7, 11) is 1.92. The van der Waals surface area contributed by atoms with Crippen molar-refractivity contribution in [3.05, 3.63) is 96.3 Å². The van der Waals surface area contributed by atoms with Gasteiger partial charge in [-0.2, -0.15) is 13.2 Å². The van der Waals surface area contributed by atoms with Crippen LogP contribution < -0.4 is 0 Å². The smallest absolute Gasteiger partial charge is 0.328 e. The maximum Gasteiger partial charge on any atom is 0.416 e. The molecule has 3 nitrogen and oxygen atoms in total. The molecule has 33 heavy (non-hydrogen) atoms. The molecular weight excluding hydrogens is 423 g/mol. The first-order chi connectivity index (χ1) is 15.8. The van der Waals surface area contributed by atoms with Crippen molar-refractivity contribution in [1.82, 2.24) is 14.5 Å². The second-order valence-corrected chi connectivity index (χ2v) is 8.01. The van der Waals surface area contributed by atoms with E-state index in [1.54, 1.807) is 0 Å². The summed E-state index contributed by atoms with van der Waals surface area (Å²) in [6.45, 7) is 2.01. The molecule has 0 amide bonds. The number of benzene rings is 3. The quantitative estimate of drug-likeness (QED) is 0.293. The Bertz CT molecular complexity index is 1450. The summed E-state index contributed by atoms with van der Waals surface area (Å²) in [4.78, 5) is 9.16. The molecule has 0 saturated carbocycles. The van der Waals surface area contributed by atoms with Crippen molar-refractivity contribution in [2.45, 2.75) is 13.1 Å². The molecule has 0 saturated heterocycles. The molecule has 0 bridgehead atoms. The SMILES string of the molecule is Cc1cccc(-c2ncnc3c2c(-c2ccc(C(F)(F)F)cc2)c(-c2ccccc2)n3C)c1. The third kappa shape index (κ3) is 3.67. The average molecular weight is 443 g/mol. The van der Waals surface area contributed by atoms with Crippen molar-refractivity contribution in [3.8, 4) is 33.6 Å². The predicted octanol–water partition coefficient (Wildman–Crippen LogP) is 7.30. The molecule has 164 valence electrons. The topological polar surface area (TPSA) is 30.7 Å². The van der Waals surface area contributed by atoms with Crippen LogP contribution in [0.25, 0.3) is 44.7 Å². The standard InChI is InChI=1S/C27H20F3N3/c1-17-7-6-10-20(15-17)24-23-22(18-11-13-21(14-12-18)27(28,29)30)25(19-8-4-3-5-9-19)33(2)26(23)32-16-31-24/h3-16H,1-2H3. The monoisotopic (exact) mass is 443 g/mol. The summed E-state index contributed by atoms with van der Waals surface area (Å²) >= 11 is 0. The van der Waals surface area contributed by atoms with Gasteiger partial charge in [0.25, 0.3) is 0 Å². The Morgan fingerprint density at radius 3 is 2.12 bits per heavy atom. The van der Waals surface area contributed by atoms with E-state index < -0.39 is 11.7 Å². The van der Waals surface area contributed by atoms with Crippen LogP contribution >= 0.6 is 0 Å². The first kappa shape index (κ1) is 20.9. The summed E-state index contributed by atoms with van der Waals surface area (Å²) < 4.78 is 41.7. The Kier molecular flexibility index (Phi) is 5.01. The van der Waals surface area contributed by atoms with Crippen LogP contribution in [0.5, 0.6) is 0 Å². The first-order valence-electron chi connectivity index (χ1n) is 10.5. The second kappa shape index (κ2) is 7.89. The zero-order valence-corrected chi connectivity index (χ0v) is 18.1. The van der Waals surface area contributed by atoms with Gasteiger partial charge in [0.15, 0.2) is 0 Å². The largest absolute Gasteiger partial charge is 0.416 e. The highest BCUT2D eigenvalue weighted by Crippen LogP contribution is 2.43. The van der Waals surface area contributed by atoms with Gasteiger partial charge >= 0.3 is 6.18 Å². The Balaban J connectivity index is 1.87. The number of hydrogen-bond donors (Lipinski definition) is 0. The van der Waals surface area contributed by atoms with E-state index in [9.17, 15) is 13.2 Å². The van der Waals surface area contributed by atoms with Crippen LogP contribution in [0.4, 0.5) is 13.2 Å². The number of fused-ring (bicyclic) bond motifs is 1. The third-order valence-corrected chi connectivity index (χ3v) is 5.81. The van der Waals surface area contributed by atoms with Crippen molar-refractivity contribution < 1.29 is 13.2 Å². The fourth-order valence-electron chi connectivity index (χ4n) is 4.30. The van der Waals surface area contributed by atoms with Crippen LogP contribution in [-0.2, 0) is 13.2 Å². The van der Waals surface area contributed by atoms with Crippen LogP contribution in [0.15, 0.2) is 85.2 Å². The van der Waals surface area contributed by atoms with Crippen LogP contribution in [0.1, 0.15) is 11.1 Å². The zero-order valence-electron chi connectivity index (χ0n) is 18.1. The molecule has 6 heteroatoms. The lowest BCUT2D eigenvalue weighted by molar-refractivity contribution is -0.137. The van der Waals surface area contributed by atoms with Gasteiger partial charge in [-0.15, -0.1) is 0 Å². The Morgan fingerprint density at radius 2 is 1.45 bits per heavy atom. The molecule has 2 heterocycles. The minimum absolute atomic E-state index is 0.677. The van der Waals surface area contributed by atoms with Gasteiger partial charge in [0.1, 0.15) is 12.0 Å². The normalized spacial score (nSPS) is 11.8. The van der Waals surface area contributed by atoms with E-state index in [-0.39, 0.29) is 0 Å². The van der Waals surface area contributed by atoms with E-state index >= 15 is 0 Å². The van der Waals surface area contributed by atoms with Gasteiger partial charge in [-0.05, 0) is 36.2 Å². The highest BCUT2D eigenvalue weighted by Gasteiger charge is 2.30. The van der Waals surface area contributed by atoms with E-state index in [0.717, 1.165) is 56.8 Å². The molecule has 0 N–H and O–H groups in total. The van der Waals surface area contributed by atoms with E-state index in [4.69, 9.17) is 0 Å². The maximum atomic E-state index is 13.2. The molecular formula is C27H20F3N3. The Morgan fingerprint density at radius 1 is 0.758 bits per heavy atom. The van der Waals surface area contributed by atoms with E-state index in [1.807, 2.05) is 73.1 Å². The average Bonchev–Trinajstić information content (AvgIpc) is 3.12. The molecule has 2 aromatic heterocycles. The molecule has 5 rings (SSSR count). The minimum atomic E-state index is -4.39. The van der Waals surface area contributed by atoms with Crippen molar-refractivity contribution >= 4 is 11.0 Å². The fraction of sp³-hybridized carbons (Fsp3) is 0.111. The fourth-order valence-corrected chi connectivity index (χ4v) is 4.30.